The second kappa shape index (κ2) is 5.69. The number of azide groups is 1. The minimum Gasteiger partial charge on any atom is -0.453 e. The summed E-state index contributed by atoms with van der Waals surface area (Å²) in [4.78, 5) is 2.65. The molecule has 0 aliphatic carbocycles. The first kappa shape index (κ1) is 13.3. The van der Waals surface area contributed by atoms with Crippen molar-refractivity contribution in [1.29, 1.82) is 0 Å². The molecule has 0 fully saturated rings. The number of hydrogen-bond acceptors (Lipinski definition) is 2. The Kier molecular flexibility index (Phi) is 3.99. The van der Waals surface area contributed by atoms with E-state index in [1.807, 2.05) is 0 Å². The van der Waals surface area contributed by atoms with Gasteiger partial charge in [-0.2, -0.15) is 0 Å². The van der Waals surface area contributed by atoms with Crippen LogP contribution in [0.1, 0.15) is 0 Å². The first-order valence-electron chi connectivity index (χ1n) is 5.07. The lowest BCUT2D eigenvalue weighted by atomic mass is 10.3. The molecule has 0 radical (unpaired) electrons. The highest BCUT2D eigenvalue weighted by Crippen LogP contribution is 2.33. The Morgan fingerprint density at radius 2 is 1.84 bits per heavy atom. The van der Waals surface area contributed by atoms with Crippen LogP contribution in [0.4, 0.5) is 14.5 Å². The van der Waals surface area contributed by atoms with E-state index in [1.54, 1.807) is 0 Å². The minimum atomic E-state index is -0.800. The van der Waals surface area contributed by atoms with E-state index < -0.39 is 11.6 Å². The predicted molar refractivity (Wildman–Crippen MR) is 69.4 cm³/mol. The Labute approximate surface area is 115 Å². The molecule has 7 heteroatoms. The third-order valence-corrected chi connectivity index (χ3v) is 2.81. The topological polar surface area (TPSA) is 58.0 Å². The average molecular weight is 326 g/mol. The fourth-order valence-corrected chi connectivity index (χ4v) is 1.81. The molecule has 0 aliphatic rings. The zero-order chi connectivity index (χ0) is 13.8. The number of nitrogens with zero attached hydrogens (tertiary/aromatic N) is 3. The van der Waals surface area contributed by atoms with Gasteiger partial charge in [0.05, 0.1) is 4.47 Å². The van der Waals surface area contributed by atoms with E-state index in [9.17, 15) is 8.78 Å². The van der Waals surface area contributed by atoms with Gasteiger partial charge in [-0.25, -0.2) is 8.78 Å². The van der Waals surface area contributed by atoms with Crippen molar-refractivity contribution in [3.8, 4) is 11.5 Å². The fraction of sp³-hybridized carbons (Fsp3) is 0. The van der Waals surface area contributed by atoms with Gasteiger partial charge in [0.2, 0.25) is 0 Å². The second-order valence-electron chi connectivity index (χ2n) is 3.48. The van der Waals surface area contributed by atoms with Crippen LogP contribution in [0.25, 0.3) is 10.4 Å². The zero-order valence-corrected chi connectivity index (χ0v) is 10.9. The van der Waals surface area contributed by atoms with Gasteiger partial charge in [0, 0.05) is 16.7 Å². The largest absolute Gasteiger partial charge is 0.453 e. The highest BCUT2D eigenvalue weighted by molar-refractivity contribution is 9.10. The van der Waals surface area contributed by atoms with Gasteiger partial charge < -0.3 is 4.74 Å². The smallest absolute Gasteiger partial charge is 0.168 e. The van der Waals surface area contributed by atoms with Crippen molar-refractivity contribution in [2.24, 2.45) is 5.11 Å². The monoisotopic (exact) mass is 325 g/mol. The van der Waals surface area contributed by atoms with Crippen molar-refractivity contribution in [2.45, 2.75) is 0 Å². The fourth-order valence-electron chi connectivity index (χ4n) is 1.36. The van der Waals surface area contributed by atoms with Crippen LogP contribution in [0.15, 0.2) is 46.0 Å². The van der Waals surface area contributed by atoms with Gasteiger partial charge >= 0.3 is 0 Å². The summed E-state index contributed by atoms with van der Waals surface area (Å²) in [7, 11) is 0. The lowest BCUT2D eigenvalue weighted by molar-refractivity contribution is 0.435. The molecule has 0 aromatic heterocycles. The number of ether oxygens (including phenoxy) is 1. The Morgan fingerprint density at radius 1 is 1.11 bits per heavy atom. The molecule has 19 heavy (non-hydrogen) atoms. The average Bonchev–Trinajstić information content (AvgIpc) is 2.36. The maximum Gasteiger partial charge on any atom is 0.168 e. The SMILES string of the molecule is [N-]=[N+]=Nc1ccc(Oc2ccc(F)cc2F)c(Br)c1. The van der Waals surface area contributed by atoms with Crippen LogP contribution >= 0.6 is 15.9 Å². The molecule has 4 nitrogen and oxygen atoms in total. The van der Waals surface area contributed by atoms with E-state index in [0.29, 0.717) is 15.9 Å². The van der Waals surface area contributed by atoms with E-state index in [2.05, 4.69) is 26.0 Å². The molecule has 96 valence electrons. The summed E-state index contributed by atoms with van der Waals surface area (Å²) in [6.45, 7) is 0. The van der Waals surface area contributed by atoms with E-state index in [-0.39, 0.29) is 5.75 Å². The Bertz CT molecular complexity index is 672. The van der Waals surface area contributed by atoms with Crippen molar-refractivity contribution in [1.82, 2.24) is 0 Å². The van der Waals surface area contributed by atoms with Gasteiger partial charge in [-0.1, -0.05) is 5.11 Å². The standard InChI is InChI=1S/C12H6BrF2N3O/c13-9-6-8(17-18-16)2-4-11(9)19-12-3-1-7(14)5-10(12)15/h1-6H. The van der Waals surface area contributed by atoms with Gasteiger partial charge in [-0.15, -0.1) is 0 Å². The molecule has 2 rings (SSSR count). The van der Waals surface area contributed by atoms with Crippen LogP contribution in [-0.2, 0) is 0 Å². The molecule has 0 amide bonds. The second-order valence-corrected chi connectivity index (χ2v) is 4.34. The molecule has 0 N–H and O–H groups in total. The molecule has 0 bridgehead atoms. The molecule has 0 spiro atoms. The summed E-state index contributed by atoms with van der Waals surface area (Å²) in [5, 5.41) is 3.42. The molecule has 0 saturated carbocycles. The van der Waals surface area contributed by atoms with Crippen molar-refractivity contribution >= 4 is 21.6 Å². The van der Waals surface area contributed by atoms with Gasteiger partial charge in [-0.3, -0.25) is 0 Å². The van der Waals surface area contributed by atoms with Gasteiger partial charge in [0.25, 0.3) is 0 Å². The maximum absolute atomic E-state index is 13.4. The summed E-state index contributed by atoms with van der Waals surface area (Å²) in [6, 6.07) is 7.57. The summed E-state index contributed by atoms with van der Waals surface area (Å²) in [5.41, 5.74) is 8.69. The summed E-state index contributed by atoms with van der Waals surface area (Å²) in [6.07, 6.45) is 0. The molecule has 0 atom stereocenters. The third-order valence-electron chi connectivity index (χ3n) is 2.19. The van der Waals surface area contributed by atoms with Crippen molar-refractivity contribution in [2.75, 3.05) is 0 Å². The zero-order valence-electron chi connectivity index (χ0n) is 9.35. The Balaban J connectivity index is 2.30. The van der Waals surface area contributed by atoms with Crippen LogP contribution in [-0.4, -0.2) is 0 Å². The molecule has 0 saturated heterocycles. The lowest BCUT2D eigenvalue weighted by Gasteiger charge is -2.09. The molecule has 2 aromatic rings. The van der Waals surface area contributed by atoms with Gasteiger partial charge in [0.15, 0.2) is 11.6 Å². The summed E-state index contributed by atoms with van der Waals surface area (Å²) in [5.74, 6) is -1.25. The maximum atomic E-state index is 13.4. The van der Waals surface area contributed by atoms with E-state index in [4.69, 9.17) is 10.3 Å². The quantitative estimate of drug-likeness (QED) is 0.420. The van der Waals surface area contributed by atoms with Crippen LogP contribution in [0, 0.1) is 11.6 Å². The lowest BCUT2D eigenvalue weighted by Crippen LogP contribution is -1.90. The van der Waals surface area contributed by atoms with Crippen LogP contribution < -0.4 is 4.74 Å². The molecule has 0 aliphatic heterocycles. The molecular formula is C12H6BrF2N3O. The molecular weight excluding hydrogens is 320 g/mol. The third kappa shape index (κ3) is 3.21. The van der Waals surface area contributed by atoms with Crippen molar-refractivity contribution < 1.29 is 13.5 Å². The Hall–Kier alpha value is -2.11. The number of hydrogen-bond donors (Lipinski definition) is 0. The number of benzene rings is 2. The van der Waals surface area contributed by atoms with Gasteiger partial charge in [0.1, 0.15) is 11.6 Å². The first-order valence-corrected chi connectivity index (χ1v) is 5.87. The molecule has 0 heterocycles. The Morgan fingerprint density at radius 3 is 2.47 bits per heavy atom. The van der Waals surface area contributed by atoms with Crippen LogP contribution in [0.3, 0.4) is 0 Å². The van der Waals surface area contributed by atoms with E-state index >= 15 is 0 Å². The van der Waals surface area contributed by atoms with Crippen LogP contribution in [0.2, 0.25) is 0 Å². The van der Waals surface area contributed by atoms with Crippen LogP contribution in [0.5, 0.6) is 11.5 Å². The van der Waals surface area contributed by atoms with Gasteiger partial charge in [-0.05, 0) is 51.8 Å². The normalized spacial score (nSPS) is 9.84. The number of halogens is 3. The van der Waals surface area contributed by atoms with Crippen molar-refractivity contribution in [3.63, 3.8) is 0 Å². The number of rotatable bonds is 3. The molecule has 2 aromatic carbocycles. The van der Waals surface area contributed by atoms with E-state index in [0.717, 1.165) is 12.1 Å². The highest BCUT2D eigenvalue weighted by atomic mass is 79.9. The van der Waals surface area contributed by atoms with E-state index in [1.165, 1.54) is 24.3 Å². The highest BCUT2D eigenvalue weighted by Gasteiger charge is 2.08. The summed E-state index contributed by atoms with van der Waals surface area (Å²) < 4.78 is 32.0. The first-order chi connectivity index (χ1) is 9.10. The predicted octanol–water partition coefficient (Wildman–Crippen LogP) is 5.46. The minimum absolute atomic E-state index is 0.0985. The summed E-state index contributed by atoms with van der Waals surface area (Å²) >= 11 is 3.21. The van der Waals surface area contributed by atoms with Crippen molar-refractivity contribution in [3.05, 3.63) is 62.9 Å². The molecule has 0 unspecified atom stereocenters.